The minimum Gasteiger partial charge on any atom is -0.481 e. The highest BCUT2D eigenvalue weighted by molar-refractivity contribution is 8.00. The fourth-order valence-electron chi connectivity index (χ4n) is 12.0. The number of amides is 2. The molecule has 2 aliphatic rings. The number of ether oxygens (including phenoxy) is 1. The van der Waals surface area contributed by atoms with Crippen molar-refractivity contribution in [3.05, 3.63) is 215 Å². The summed E-state index contributed by atoms with van der Waals surface area (Å²) in [6.45, 7) is 1.43. The predicted molar refractivity (Wildman–Crippen MR) is 326 cm³/mol. The summed E-state index contributed by atoms with van der Waals surface area (Å²) in [5.41, 5.74) is 7.75. The van der Waals surface area contributed by atoms with E-state index < -0.39 is 11.9 Å². The van der Waals surface area contributed by atoms with E-state index in [1.165, 1.54) is 40.5 Å². The molecular weight excluding hydrogens is 1020 g/mol. The number of carboxylic acids is 1. The molecule has 2 saturated carbocycles. The van der Waals surface area contributed by atoms with Crippen LogP contribution in [0.25, 0.3) is 0 Å². The summed E-state index contributed by atoms with van der Waals surface area (Å²) < 4.78 is 4.43. The minimum atomic E-state index is -0.823. The molecule has 0 heterocycles. The molecule has 2 fully saturated rings. The first-order valence-corrected chi connectivity index (χ1v) is 31.0. The number of esters is 1. The third-order valence-electron chi connectivity index (χ3n) is 16.2. The topological polar surface area (TPSA) is 104 Å². The summed E-state index contributed by atoms with van der Waals surface area (Å²) in [6.07, 6.45) is 15.2. The Hall–Kier alpha value is -6.10. The van der Waals surface area contributed by atoms with Crippen molar-refractivity contribution in [1.29, 1.82) is 0 Å². The van der Waals surface area contributed by atoms with Gasteiger partial charge in [-0.3, -0.25) is 19.2 Å². The van der Waals surface area contributed by atoms with E-state index in [0.29, 0.717) is 19.4 Å². The van der Waals surface area contributed by atoms with Crippen molar-refractivity contribution in [3.63, 3.8) is 0 Å². The fraction of sp³-hybridized carbons (Fsp3) is 0.420. The first-order chi connectivity index (χ1) is 38.6. The Kier molecular flexibility index (Phi) is 24.2. The molecule has 6 aromatic rings. The Bertz CT molecular complexity index is 2540. The number of carbonyl (C=O) groups excluding carboxylic acids is 3. The van der Waals surface area contributed by atoms with Crippen LogP contribution in [0.5, 0.6) is 0 Å². The average molecular weight is 1100 g/mol. The fourth-order valence-corrected chi connectivity index (χ4v) is 15.1. The zero-order valence-corrected chi connectivity index (χ0v) is 48.6. The van der Waals surface area contributed by atoms with Gasteiger partial charge in [-0.2, -0.15) is 0 Å². The molecule has 0 bridgehead atoms. The van der Waals surface area contributed by atoms with Crippen LogP contribution in [0, 0.1) is 23.7 Å². The first-order valence-electron chi connectivity index (χ1n) is 29.0. The van der Waals surface area contributed by atoms with E-state index in [9.17, 15) is 24.3 Å². The molecule has 2 aliphatic carbocycles. The maximum atomic E-state index is 13.1. The van der Waals surface area contributed by atoms with E-state index in [4.69, 9.17) is 4.74 Å². The Balaban J connectivity index is 0.000000229. The SMILES string of the molecule is CN(CCCCCCSC(c1ccccc1)(c1ccccc1)c1ccccc1)C(=O)[C@H]1CCCC[C@H]1C(=O)O.COC(=O)[C@@H]1CCCC[C@@H]1C(=O)N(C)CCCCCCSC(c1ccccc1)(c1ccccc1)c1ccccc1. The quantitative estimate of drug-likeness (QED) is 0.0325. The van der Waals surface area contributed by atoms with Crippen molar-refractivity contribution in [1.82, 2.24) is 9.80 Å². The normalized spacial score (nSPS) is 17.4. The van der Waals surface area contributed by atoms with Gasteiger partial charge in [-0.25, -0.2) is 0 Å². The van der Waals surface area contributed by atoms with Crippen LogP contribution in [0.1, 0.15) is 136 Å². The number of methoxy groups -OCH3 is 1. The van der Waals surface area contributed by atoms with Crippen molar-refractivity contribution in [2.75, 3.05) is 45.8 Å². The van der Waals surface area contributed by atoms with E-state index in [1.807, 2.05) is 42.5 Å². The van der Waals surface area contributed by atoms with Crippen LogP contribution >= 0.6 is 23.5 Å². The molecule has 6 aromatic carbocycles. The Morgan fingerprint density at radius 1 is 0.418 bits per heavy atom. The van der Waals surface area contributed by atoms with Crippen LogP contribution in [0.15, 0.2) is 182 Å². The first kappa shape index (κ1) is 60.5. The van der Waals surface area contributed by atoms with Gasteiger partial charge < -0.3 is 19.6 Å². The largest absolute Gasteiger partial charge is 0.481 e. The van der Waals surface area contributed by atoms with Crippen LogP contribution in [0.2, 0.25) is 0 Å². The Morgan fingerprint density at radius 2 is 0.684 bits per heavy atom. The van der Waals surface area contributed by atoms with E-state index in [2.05, 4.69) is 182 Å². The number of carbonyl (C=O) groups is 4. The highest BCUT2D eigenvalue weighted by atomic mass is 32.2. The average Bonchev–Trinajstić information content (AvgIpc) is 3.53. The smallest absolute Gasteiger partial charge is 0.309 e. The second-order valence-corrected chi connectivity index (χ2v) is 24.1. The van der Waals surface area contributed by atoms with Gasteiger partial charge in [0.2, 0.25) is 11.8 Å². The third-order valence-corrected chi connectivity index (χ3v) is 19.5. The van der Waals surface area contributed by atoms with Crippen molar-refractivity contribution in [2.24, 2.45) is 23.7 Å². The van der Waals surface area contributed by atoms with Gasteiger partial charge in [-0.15, -0.1) is 23.5 Å². The predicted octanol–water partition coefficient (Wildman–Crippen LogP) is 15.3. The summed E-state index contributed by atoms with van der Waals surface area (Å²) in [5.74, 6) is -0.288. The van der Waals surface area contributed by atoms with Crippen molar-refractivity contribution in [2.45, 2.75) is 112 Å². The molecule has 0 saturated heterocycles. The lowest BCUT2D eigenvalue weighted by Gasteiger charge is -2.35. The Morgan fingerprint density at radius 3 is 0.975 bits per heavy atom. The molecular formula is C69H84N2O6S2. The number of rotatable bonds is 26. The lowest BCUT2D eigenvalue weighted by Crippen LogP contribution is -2.41. The van der Waals surface area contributed by atoms with E-state index in [1.54, 1.807) is 4.90 Å². The summed E-state index contributed by atoms with van der Waals surface area (Å²) in [4.78, 5) is 53.5. The van der Waals surface area contributed by atoms with Gasteiger partial charge in [-0.05, 0) is 96.3 Å². The zero-order chi connectivity index (χ0) is 55.7. The number of thioether (sulfide) groups is 2. The highest BCUT2D eigenvalue weighted by Gasteiger charge is 2.40. The second-order valence-electron chi connectivity index (χ2n) is 21.5. The summed E-state index contributed by atoms with van der Waals surface area (Å²) in [5, 5.41) is 9.54. The molecule has 2 amide bonds. The molecule has 4 atom stereocenters. The van der Waals surface area contributed by atoms with Gasteiger partial charge in [0.05, 0.1) is 40.3 Å². The van der Waals surface area contributed by atoms with E-state index >= 15 is 0 Å². The van der Waals surface area contributed by atoms with Gasteiger partial charge in [0, 0.05) is 27.2 Å². The molecule has 0 aromatic heterocycles. The summed E-state index contributed by atoms with van der Waals surface area (Å²) in [6, 6.07) is 64.9. The zero-order valence-electron chi connectivity index (χ0n) is 47.0. The van der Waals surface area contributed by atoms with Crippen LogP contribution in [0.4, 0.5) is 0 Å². The minimum absolute atomic E-state index is 0.0102. The maximum absolute atomic E-state index is 13.1. The third kappa shape index (κ3) is 16.1. The summed E-state index contributed by atoms with van der Waals surface area (Å²) >= 11 is 4.01. The second kappa shape index (κ2) is 31.6. The molecule has 0 aliphatic heterocycles. The maximum Gasteiger partial charge on any atom is 0.309 e. The van der Waals surface area contributed by atoms with Crippen molar-refractivity contribution < 1.29 is 29.0 Å². The number of hydrogen-bond acceptors (Lipinski definition) is 7. The number of benzene rings is 6. The van der Waals surface area contributed by atoms with Crippen LogP contribution in [0.3, 0.4) is 0 Å². The van der Waals surface area contributed by atoms with Crippen molar-refractivity contribution in [3.8, 4) is 0 Å². The number of nitrogens with zero attached hydrogens (tertiary/aromatic N) is 2. The van der Waals surface area contributed by atoms with Gasteiger partial charge in [0.15, 0.2) is 0 Å². The molecule has 418 valence electrons. The number of aliphatic carboxylic acids is 1. The van der Waals surface area contributed by atoms with E-state index in [-0.39, 0.29) is 45.0 Å². The number of unbranched alkanes of at least 4 members (excludes halogenated alkanes) is 6. The molecule has 10 heteroatoms. The molecule has 0 unspecified atom stereocenters. The monoisotopic (exact) mass is 1100 g/mol. The van der Waals surface area contributed by atoms with Crippen LogP contribution in [-0.4, -0.2) is 84.5 Å². The van der Waals surface area contributed by atoms with Gasteiger partial charge >= 0.3 is 11.9 Å². The van der Waals surface area contributed by atoms with E-state index in [0.717, 1.165) is 108 Å². The van der Waals surface area contributed by atoms with Crippen molar-refractivity contribution >= 4 is 47.3 Å². The molecule has 0 radical (unpaired) electrons. The summed E-state index contributed by atoms with van der Waals surface area (Å²) in [7, 11) is 5.14. The van der Waals surface area contributed by atoms with Gasteiger partial charge in [0.1, 0.15) is 0 Å². The molecule has 1 N–H and O–H groups in total. The molecule has 79 heavy (non-hydrogen) atoms. The Labute approximate surface area is 480 Å². The molecule has 8 nitrogen and oxygen atoms in total. The standard InChI is InChI=1S/C35H43NO3S.C34H41NO3S/c1-36(33(37)31-24-14-15-25-32(31)34(38)39-2)26-16-3-4-17-27-40-35(28-18-8-5-9-19-28,29-20-10-6-11-21-29)30-22-12-7-13-23-30;1-35(32(36)30-23-13-14-24-31(30)33(37)38)25-15-2-3-16-26-39-34(27-17-7-4-8-18-27,28-19-9-5-10-20-28)29-21-11-6-12-22-29/h5-13,18-23,31-32H,3-4,14-17,24-27H2,1-2H3;4-12,17-22,30-31H,2-3,13-16,23-26H2,1H3,(H,37,38)/t31-,32+;30-,31+/m00/s1. The van der Waals surface area contributed by atoms with Crippen LogP contribution < -0.4 is 0 Å². The highest BCUT2D eigenvalue weighted by Crippen LogP contribution is 2.50. The molecule has 0 spiro atoms. The molecule has 8 rings (SSSR count). The number of hydrogen-bond donors (Lipinski definition) is 1. The van der Waals surface area contributed by atoms with Crippen LogP contribution in [-0.2, 0) is 33.4 Å². The lowest BCUT2D eigenvalue weighted by molar-refractivity contribution is -0.154. The van der Waals surface area contributed by atoms with Gasteiger partial charge in [0.25, 0.3) is 0 Å². The van der Waals surface area contributed by atoms with Gasteiger partial charge in [-0.1, -0.05) is 233 Å². The lowest BCUT2D eigenvalue weighted by atomic mass is 9.78. The number of carboxylic acid groups (broad SMARTS) is 1.